The van der Waals surface area contributed by atoms with Crippen LogP contribution in [0.1, 0.15) is 43.9 Å². The molecule has 4 nitrogen and oxygen atoms in total. The van der Waals surface area contributed by atoms with Crippen molar-refractivity contribution in [3.63, 3.8) is 0 Å². The van der Waals surface area contributed by atoms with Gasteiger partial charge in [-0.15, -0.1) is 23.2 Å². The fourth-order valence-corrected chi connectivity index (χ4v) is 4.35. The molecule has 1 aliphatic heterocycles. The molecule has 0 fully saturated rings. The van der Waals surface area contributed by atoms with Crippen LogP contribution in [0, 0.1) is 5.41 Å². The monoisotopic (exact) mass is 576 g/mol. The molecule has 0 bridgehead atoms. The molecule has 1 atom stereocenters. The Balaban J connectivity index is 0.00000103. The zero-order chi connectivity index (χ0) is 25.3. The van der Waals surface area contributed by atoms with Crippen molar-refractivity contribution < 1.29 is 22.8 Å². The van der Waals surface area contributed by atoms with Crippen LogP contribution in [0.5, 0.6) is 0 Å². The van der Waals surface area contributed by atoms with E-state index < -0.39 is 29.2 Å². The van der Waals surface area contributed by atoms with Crippen LogP contribution >= 0.6 is 39.1 Å². The van der Waals surface area contributed by atoms with Crippen molar-refractivity contribution in [1.82, 2.24) is 5.32 Å². The van der Waals surface area contributed by atoms with Crippen LogP contribution in [-0.4, -0.2) is 17.2 Å². The molecule has 0 aromatic heterocycles. The van der Waals surface area contributed by atoms with Crippen LogP contribution in [0.2, 0.25) is 0 Å². The molecule has 10 heteroatoms. The first-order valence-corrected chi connectivity index (χ1v) is 12.2. The summed E-state index contributed by atoms with van der Waals surface area (Å²) in [5, 5.41) is 3.03. The summed E-state index contributed by atoms with van der Waals surface area (Å²) in [5.41, 5.74) is 0.224. The van der Waals surface area contributed by atoms with Gasteiger partial charge in [-0.25, -0.2) is 4.79 Å². The minimum Gasteiger partial charge on any atom is -0.326 e. The second kappa shape index (κ2) is 10.3. The molecule has 2 aromatic carbocycles. The first-order valence-electron chi connectivity index (χ1n) is 10.3. The van der Waals surface area contributed by atoms with Gasteiger partial charge in [-0.2, -0.15) is 13.2 Å². The second-order valence-corrected chi connectivity index (χ2v) is 10.2. The third kappa shape index (κ3) is 5.44. The van der Waals surface area contributed by atoms with Gasteiger partial charge in [-0.3, -0.25) is 9.69 Å². The fraction of sp³-hybridized carbons (Fsp3) is 0.333. The summed E-state index contributed by atoms with van der Waals surface area (Å²) in [7, 11) is 0. The molecule has 1 unspecified atom stereocenters. The maximum absolute atomic E-state index is 13.4. The molecule has 0 spiro atoms. The summed E-state index contributed by atoms with van der Waals surface area (Å²) in [6.45, 7) is 3.70. The number of anilines is 1. The normalized spacial score (nSPS) is 19.8. The number of nitrogens with zero attached hydrogens (tertiary/aromatic N) is 1. The number of amides is 2. The highest BCUT2D eigenvalue weighted by atomic mass is 79.9. The summed E-state index contributed by atoms with van der Waals surface area (Å²) in [6.07, 6.45) is -3.63. The van der Waals surface area contributed by atoms with Crippen LogP contribution in [0.25, 0.3) is 0 Å². The molecule has 1 N–H and O–H groups in total. The van der Waals surface area contributed by atoms with Crippen LogP contribution in [0.4, 0.5) is 23.7 Å². The van der Waals surface area contributed by atoms with Gasteiger partial charge in [0, 0.05) is 21.2 Å². The molecule has 0 saturated heterocycles. The highest BCUT2D eigenvalue weighted by Gasteiger charge is 2.46. The highest BCUT2D eigenvalue weighted by Crippen LogP contribution is 2.45. The first-order chi connectivity index (χ1) is 15.9. The number of carbonyl (C=O) groups excluding carboxylic acids is 2. The predicted molar refractivity (Wildman–Crippen MR) is 131 cm³/mol. The van der Waals surface area contributed by atoms with E-state index >= 15 is 0 Å². The van der Waals surface area contributed by atoms with E-state index in [4.69, 9.17) is 23.2 Å². The van der Waals surface area contributed by atoms with Crippen LogP contribution in [0.15, 0.2) is 64.3 Å². The molecule has 34 heavy (non-hydrogen) atoms. The van der Waals surface area contributed by atoms with E-state index in [0.29, 0.717) is 24.1 Å². The number of Topliss-reactive ketones (excluding diaryl/α,β-unsaturated/α-hetero) is 1. The summed E-state index contributed by atoms with van der Waals surface area (Å²) in [4.78, 5) is 27.7. The lowest BCUT2D eigenvalue weighted by Crippen LogP contribution is -2.51. The lowest BCUT2D eigenvalue weighted by molar-refractivity contribution is -0.137. The molecule has 4 rings (SSSR count). The quantitative estimate of drug-likeness (QED) is 0.370. The average molecular weight is 578 g/mol. The molecule has 2 amide bonds. The molecular weight excluding hydrogens is 556 g/mol. The predicted octanol–water partition coefficient (Wildman–Crippen LogP) is 7.80. The fourth-order valence-electron chi connectivity index (χ4n) is 4.09. The average Bonchev–Trinajstić information content (AvgIpc) is 2.76. The van der Waals surface area contributed by atoms with Crippen LogP contribution < -0.4 is 10.2 Å². The van der Waals surface area contributed by atoms with Crippen molar-refractivity contribution in [2.24, 2.45) is 5.41 Å². The third-order valence-electron chi connectivity index (χ3n) is 5.82. The number of urea groups is 1. The molecule has 1 aliphatic carbocycles. The van der Waals surface area contributed by atoms with E-state index in [1.165, 1.54) is 17.0 Å². The van der Waals surface area contributed by atoms with Gasteiger partial charge >= 0.3 is 12.2 Å². The van der Waals surface area contributed by atoms with Crippen molar-refractivity contribution in [2.75, 3.05) is 10.2 Å². The number of allylic oxidation sites excluding steroid dienone is 1. The minimum atomic E-state index is -4.54. The number of ketones is 1. The van der Waals surface area contributed by atoms with E-state index in [1.54, 1.807) is 0 Å². The molecule has 0 saturated carbocycles. The highest BCUT2D eigenvalue weighted by molar-refractivity contribution is 9.10. The lowest BCUT2D eigenvalue weighted by atomic mass is 9.71. The second-order valence-electron chi connectivity index (χ2n) is 8.49. The number of hydrogen-bond donors (Lipinski definition) is 1. The molecule has 182 valence electrons. The van der Waals surface area contributed by atoms with Gasteiger partial charge in [0.1, 0.15) is 0 Å². The Labute approximate surface area is 214 Å². The SMILES string of the molecule is CC1(C)CCC2=C(C1=O)C(c1ccc(Br)cc1)NC(=O)N2c1cccc(C(F)(F)F)c1.ClCCl. The molecule has 1 heterocycles. The van der Waals surface area contributed by atoms with E-state index in [9.17, 15) is 22.8 Å². The Hall–Kier alpha value is -2.03. The molecule has 0 radical (unpaired) electrons. The Morgan fingerprint density at radius 2 is 1.74 bits per heavy atom. The van der Waals surface area contributed by atoms with E-state index in [0.717, 1.165) is 22.2 Å². The van der Waals surface area contributed by atoms with Crippen LogP contribution in [-0.2, 0) is 11.0 Å². The number of alkyl halides is 5. The van der Waals surface area contributed by atoms with Crippen molar-refractivity contribution in [2.45, 2.75) is 38.9 Å². The summed E-state index contributed by atoms with van der Waals surface area (Å²) in [6, 6.07) is 10.7. The Bertz CT molecular complexity index is 1120. The van der Waals surface area contributed by atoms with E-state index in [2.05, 4.69) is 21.2 Å². The molecule has 2 aromatic rings. The number of halogens is 6. The van der Waals surface area contributed by atoms with Gasteiger partial charge in [0.25, 0.3) is 0 Å². The first kappa shape index (κ1) is 26.6. The lowest BCUT2D eigenvalue weighted by Gasteiger charge is -2.43. The summed E-state index contributed by atoms with van der Waals surface area (Å²) < 4.78 is 40.6. The van der Waals surface area contributed by atoms with Gasteiger partial charge in [-0.1, -0.05) is 48.0 Å². The number of rotatable bonds is 2. The zero-order valence-electron chi connectivity index (χ0n) is 18.3. The van der Waals surface area contributed by atoms with E-state index in [1.807, 2.05) is 38.1 Å². The van der Waals surface area contributed by atoms with Crippen molar-refractivity contribution >= 4 is 56.6 Å². The Morgan fingerprint density at radius 1 is 1.12 bits per heavy atom. The van der Waals surface area contributed by atoms with Crippen molar-refractivity contribution in [3.8, 4) is 0 Å². The van der Waals surface area contributed by atoms with E-state index in [-0.39, 0.29) is 16.8 Å². The van der Waals surface area contributed by atoms with Gasteiger partial charge in [0.15, 0.2) is 5.78 Å². The van der Waals surface area contributed by atoms with Gasteiger partial charge in [0.05, 0.1) is 22.6 Å². The minimum absolute atomic E-state index is 0.0848. The summed E-state index contributed by atoms with van der Waals surface area (Å²) in [5.74, 6) is -0.112. The largest absolute Gasteiger partial charge is 0.416 e. The van der Waals surface area contributed by atoms with Crippen molar-refractivity contribution in [3.05, 3.63) is 75.4 Å². The van der Waals surface area contributed by atoms with Gasteiger partial charge in [-0.05, 0) is 48.7 Å². The number of nitrogens with one attached hydrogen (secondary N) is 1. The Kier molecular flexibility index (Phi) is 8.05. The third-order valence-corrected chi connectivity index (χ3v) is 6.35. The maximum atomic E-state index is 13.4. The number of carbonyl (C=O) groups is 2. The van der Waals surface area contributed by atoms with Gasteiger partial charge in [0.2, 0.25) is 0 Å². The Morgan fingerprint density at radius 3 is 2.32 bits per heavy atom. The maximum Gasteiger partial charge on any atom is 0.416 e. The van der Waals surface area contributed by atoms with Crippen LogP contribution in [0.3, 0.4) is 0 Å². The molecule has 2 aliphatic rings. The topological polar surface area (TPSA) is 49.4 Å². The smallest absolute Gasteiger partial charge is 0.326 e. The number of hydrogen-bond acceptors (Lipinski definition) is 2. The standard InChI is InChI=1S/C23H20BrF3N2O2.CH2Cl2/c1-22(2)11-10-17-18(20(22)30)19(13-6-8-15(24)9-7-13)28-21(31)29(17)16-5-3-4-14(12-16)23(25,26)27;2-1-3/h3-9,12,19H,10-11H2,1-2H3,(H,28,31);1H2. The zero-order valence-corrected chi connectivity index (χ0v) is 21.4. The van der Waals surface area contributed by atoms with Crippen molar-refractivity contribution in [1.29, 1.82) is 0 Å². The van der Waals surface area contributed by atoms with Gasteiger partial charge < -0.3 is 5.32 Å². The number of benzene rings is 2. The molecular formula is C24H22BrCl2F3N2O2. The summed E-state index contributed by atoms with van der Waals surface area (Å²) >= 11 is 12.9.